The zero-order valence-electron chi connectivity index (χ0n) is 24.7. The summed E-state index contributed by atoms with van der Waals surface area (Å²) in [6.07, 6.45) is 7.53. The van der Waals surface area contributed by atoms with Crippen LogP contribution in [0.4, 0.5) is 0 Å². The molecule has 1 spiro atoms. The molecule has 4 aliphatic rings. The van der Waals surface area contributed by atoms with Crippen molar-refractivity contribution in [3.63, 3.8) is 0 Å². The molecule has 10 nitrogen and oxygen atoms in total. The highest BCUT2D eigenvalue weighted by Crippen LogP contribution is 2.56. The Morgan fingerprint density at radius 1 is 1.10 bits per heavy atom. The number of aliphatic hydroxyl groups is 1. The third kappa shape index (κ3) is 5.15. The number of aliphatic hydroxyl groups excluding tert-OH is 1. The molecule has 5 rings (SSSR count). The Hall–Kier alpha value is -3.50. The quantitative estimate of drug-likeness (QED) is 0.414. The lowest BCUT2D eigenvalue weighted by atomic mass is 9.74. The summed E-state index contributed by atoms with van der Waals surface area (Å²) in [6.45, 7) is 7.47. The van der Waals surface area contributed by atoms with Crippen molar-refractivity contribution in [1.82, 2.24) is 15.1 Å². The van der Waals surface area contributed by atoms with Gasteiger partial charge in [0.1, 0.15) is 18.2 Å². The highest BCUT2D eigenvalue weighted by atomic mass is 16.5. The molecule has 3 amide bonds. The van der Waals surface area contributed by atoms with E-state index < -0.39 is 59.1 Å². The lowest BCUT2D eigenvalue weighted by Crippen LogP contribution is -2.61. The van der Waals surface area contributed by atoms with Gasteiger partial charge in [-0.05, 0) is 39.2 Å². The Bertz CT molecular complexity index is 1270. The van der Waals surface area contributed by atoms with E-state index in [0.717, 1.165) is 5.56 Å². The minimum atomic E-state index is -1.35. The molecule has 1 aromatic rings. The van der Waals surface area contributed by atoms with Crippen molar-refractivity contribution in [1.29, 1.82) is 0 Å². The molecule has 5 bridgehead atoms. The summed E-state index contributed by atoms with van der Waals surface area (Å²) in [6, 6.07) is 6.90. The largest absolute Gasteiger partial charge is 0.463 e. The fourth-order valence-electron chi connectivity index (χ4n) is 6.76. The summed E-state index contributed by atoms with van der Waals surface area (Å²) in [4.78, 5) is 58.6. The van der Waals surface area contributed by atoms with Gasteiger partial charge in [-0.15, -0.1) is 0 Å². The van der Waals surface area contributed by atoms with Gasteiger partial charge in [-0.25, -0.2) is 0 Å². The van der Waals surface area contributed by atoms with Gasteiger partial charge in [0.05, 0.1) is 36.6 Å². The van der Waals surface area contributed by atoms with Crippen LogP contribution >= 0.6 is 0 Å². The van der Waals surface area contributed by atoms with Crippen LogP contribution in [0.15, 0.2) is 54.6 Å². The zero-order chi connectivity index (χ0) is 30.2. The minimum absolute atomic E-state index is 0.0659. The van der Waals surface area contributed by atoms with Crippen LogP contribution in [0.3, 0.4) is 0 Å². The second-order valence-corrected chi connectivity index (χ2v) is 12.5. The van der Waals surface area contributed by atoms with E-state index in [4.69, 9.17) is 9.47 Å². The number of hydrogen-bond acceptors (Lipinski definition) is 7. The van der Waals surface area contributed by atoms with Gasteiger partial charge in [-0.2, -0.15) is 0 Å². The van der Waals surface area contributed by atoms with E-state index in [-0.39, 0.29) is 38.0 Å². The fourth-order valence-corrected chi connectivity index (χ4v) is 6.76. The number of rotatable bonds is 4. The van der Waals surface area contributed by atoms with E-state index in [1.165, 1.54) is 4.90 Å². The maximum absolute atomic E-state index is 14.6. The van der Waals surface area contributed by atoms with Crippen LogP contribution in [0.5, 0.6) is 0 Å². The molecule has 0 unspecified atom stereocenters. The lowest BCUT2D eigenvalue weighted by Gasteiger charge is -2.43. The third-order valence-corrected chi connectivity index (χ3v) is 8.90. The summed E-state index contributed by atoms with van der Waals surface area (Å²) in [5.41, 5.74) is -1.21. The number of nitrogens with zero attached hydrogens (tertiary/aromatic N) is 2. The third-order valence-electron chi connectivity index (χ3n) is 8.90. The van der Waals surface area contributed by atoms with Crippen LogP contribution < -0.4 is 5.32 Å². The predicted molar refractivity (Wildman–Crippen MR) is 154 cm³/mol. The molecule has 2 saturated heterocycles. The normalized spacial score (nSPS) is 33.4. The zero-order valence-corrected chi connectivity index (χ0v) is 24.7. The Kier molecular flexibility index (Phi) is 8.31. The molecule has 4 aliphatic heterocycles. The number of carbonyl (C=O) groups is 4. The summed E-state index contributed by atoms with van der Waals surface area (Å²) in [5.74, 6) is -3.36. The van der Waals surface area contributed by atoms with Crippen molar-refractivity contribution in [2.24, 2.45) is 11.8 Å². The van der Waals surface area contributed by atoms with Gasteiger partial charge in [-0.1, -0.05) is 61.6 Å². The van der Waals surface area contributed by atoms with E-state index in [1.54, 1.807) is 17.1 Å². The SMILES string of the molecule is CC[C@@H](CO)N1C(=O)[C@H]2[C@@H]3C(=O)N[C@H](c4ccccc4)COC(=O)CC/C=C\CN(C(C)(C)C)C(=O)[C@H]1[C@@]21C=C[C@@H]3O1. The van der Waals surface area contributed by atoms with E-state index in [2.05, 4.69) is 5.32 Å². The second kappa shape index (κ2) is 11.6. The number of benzene rings is 1. The van der Waals surface area contributed by atoms with Crippen molar-refractivity contribution in [3.05, 3.63) is 60.2 Å². The highest BCUT2D eigenvalue weighted by Gasteiger charge is 2.74. The number of likely N-dealkylation sites (tertiary alicyclic amines) is 1. The molecule has 10 heteroatoms. The Labute approximate surface area is 246 Å². The van der Waals surface area contributed by atoms with Gasteiger partial charge in [0.15, 0.2) is 0 Å². The fraction of sp³-hybridized carbons (Fsp3) is 0.562. The molecular formula is C32H41N3O7. The number of carbonyl (C=O) groups excluding carboxylic acids is 4. The maximum Gasteiger partial charge on any atom is 0.306 e. The van der Waals surface area contributed by atoms with Crippen molar-refractivity contribution in [2.75, 3.05) is 19.8 Å². The van der Waals surface area contributed by atoms with Crippen LogP contribution in [0.1, 0.15) is 58.6 Å². The number of esters is 1. The molecule has 42 heavy (non-hydrogen) atoms. The number of cyclic esters (lactones) is 1. The maximum atomic E-state index is 14.6. The number of amides is 3. The molecule has 0 radical (unpaired) electrons. The summed E-state index contributed by atoms with van der Waals surface area (Å²) in [7, 11) is 0. The molecule has 0 aromatic heterocycles. The first-order valence-corrected chi connectivity index (χ1v) is 14.8. The van der Waals surface area contributed by atoms with Crippen LogP contribution in [-0.2, 0) is 28.7 Å². The predicted octanol–water partition coefficient (Wildman–Crippen LogP) is 2.29. The minimum Gasteiger partial charge on any atom is -0.463 e. The first-order chi connectivity index (χ1) is 20.0. The van der Waals surface area contributed by atoms with Crippen molar-refractivity contribution in [2.45, 2.75) is 82.3 Å². The van der Waals surface area contributed by atoms with Crippen LogP contribution in [0.25, 0.3) is 0 Å². The molecule has 0 aliphatic carbocycles. The first kappa shape index (κ1) is 30.0. The van der Waals surface area contributed by atoms with Gasteiger partial charge >= 0.3 is 5.97 Å². The van der Waals surface area contributed by atoms with Gasteiger partial charge in [0.2, 0.25) is 17.7 Å². The average molecular weight is 580 g/mol. The van der Waals surface area contributed by atoms with Crippen molar-refractivity contribution >= 4 is 23.7 Å². The van der Waals surface area contributed by atoms with E-state index in [0.29, 0.717) is 12.8 Å². The van der Waals surface area contributed by atoms with Gasteiger partial charge < -0.3 is 29.7 Å². The Morgan fingerprint density at radius 3 is 2.50 bits per heavy atom. The Morgan fingerprint density at radius 2 is 1.83 bits per heavy atom. The monoisotopic (exact) mass is 579 g/mol. The molecule has 2 N–H and O–H groups in total. The molecule has 0 saturated carbocycles. The lowest BCUT2D eigenvalue weighted by molar-refractivity contribution is -0.153. The number of allylic oxidation sites excluding steroid dienone is 1. The molecule has 7 atom stereocenters. The van der Waals surface area contributed by atoms with E-state index in [1.807, 2.05) is 70.2 Å². The standard InChI is InChI=1S/C32H41N3O7/c1-5-21(18-36)35-27-30(40)34(31(2,3)4)17-11-7-10-14-24(37)41-19-22(20-12-8-6-9-13-20)33-28(38)25-23-15-16-32(27,42-23)26(25)29(35)39/h6-9,11-13,15-16,21-23,25-27,36H,5,10,14,17-19H2,1-4H3,(H,33,38)/b11-7-/t21-,22-,23-,25+,26+,27-,32+/m0/s1. The van der Waals surface area contributed by atoms with Crippen LogP contribution in [0.2, 0.25) is 0 Å². The van der Waals surface area contributed by atoms with Crippen LogP contribution in [-0.4, -0.2) is 87.7 Å². The van der Waals surface area contributed by atoms with Gasteiger partial charge in [-0.3, -0.25) is 19.2 Å². The summed E-state index contributed by atoms with van der Waals surface area (Å²) in [5, 5.41) is 13.3. The smallest absolute Gasteiger partial charge is 0.306 e. The van der Waals surface area contributed by atoms with Crippen molar-refractivity contribution < 1.29 is 33.8 Å². The number of ether oxygens (including phenoxy) is 2. The average Bonchev–Trinajstić information content (AvgIpc) is 3.60. The number of nitrogens with one attached hydrogen (secondary N) is 1. The summed E-state index contributed by atoms with van der Waals surface area (Å²) < 4.78 is 12.1. The summed E-state index contributed by atoms with van der Waals surface area (Å²) >= 11 is 0. The number of hydrogen-bond donors (Lipinski definition) is 2. The van der Waals surface area contributed by atoms with Crippen molar-refractivity contribution in [3.8, 4) is 0 Å². The Balaban J connectivity index is 1.60. The first-order valence-electron chi connectivity index (χ1n) is 14.8. The topological polar surface area (TPSA) is 125 Å². The van der Waals surface area contributed by atoms with Crippen LogP contribution in [0, 0.1) is 11.8 Å². The van der Waals surface area contributed by atoms with E-state index >= 15 is 0 Å². The molecule has 2 fully saturated rings. The van der Waals surface area contributed by atoms with Gasteiger partial charge in [0, 0.05) is 18.5 Å². The van der Waals surface area contributed by atoms with Gasteiger partial charge in [0.25, 0.3) is 0 Å². The molecule has 226 valence electrons. The van der Waals surface area contributed by atoms with E-state index in [9.17, 15) is 24.3 Å². The highest BCUT2D eigenvalue weighted by molar-refractivity contribution is 6.00. The molecule has 4 heterocycles. The molecular weight excluding hydrogens is 538 g/mol. The number of fused-ring (bicyclic) bond motifs is 2. The molecule has 1 aromatic carbocycles. The second-order valence-electron chi connectivity index (χ2n) is 12.5.